The number of nitrogen functional groups attached to an aromatic ring is 1. The molecule has 17 heavy (non-hydrogen) atoms. The van der Waals surface area contributed by atoms with E-state index in [1.165, 1.54) is 0 Å². The summed E-state index contributed by atoms with van der Waals surface area (Å²) in [6.45, 7) is 1.62. The molecule has 0 bridgehead atoms. The van der Waals surface area contributed by atoms with E-state index in [-0.39, 0.29) is 11.9 Å². The third-order valence-electron chi connectivity index (χ3n) is 3.12. The van der Waals surface area contributed by atoms with E-state index in [4.69, 9.17) is 5.73 Å². The third kappa shape index (κ3) is 2.74. The summed E-state index contributed by atoms with van der Waals surface area (Å²) in [5, 5.41) is 2.71. The van der Waals surface area contributed by atoms with Gasteiger partial charge < -0.3 is 11.1 Å². The molecular formula is C12H18N4O. The normalized spacial score (nSPS) is 20.4. The molecule has 0 aromatic carbocycles. The van der Waals surface area contributed by atoms with Crippen LogP contribution in [-0.4, -0.2) is 35.4 Å². The van der Waals surface area contributed by atoms with Crippen LogP contribution in [0, 0.1) is 0 Å². The van der Waals surface area contributed by atoms with Gasteiger partial charge in [0, 0.05) is 25.5 Å². The molecule has 2 rings (SSSR count). The second-order valence-electron chi connectivity index (χ2n) is 4.32. The molecule has 1 aromatic rings. The van der Waals surface area contributed by atoms with Crippen LogP contribution in [0.15, 0.2) is 18.3 Å². The van der Waals surface area contributed by atoms with Gasteiger partial charge in [-0.1, -0.05) is 0 Å². The summed E-state index contributed by atoms with van der Waals surface area (Å²) < 4.78 is 0. The Labute approximate surface area is 101 Å². The van der Waals surface area contributed by atoms with Gasteiger partial charge in [0.25, 0.3) is 0 Å². The summed E-state index contributed by atoms with van der Waals surface area (Å²) in [4.78, 5) is 18.1. The maximum Gasteiger partial charge on any atom is 0.237 e. The molecule has 0 radical (unpaired) electrons. The monoisotopic (exact) mass is 234 g/mol. The molecule has 1 aromatic heterocycles. The Hall–Kier alpha value is -1.62. The molecular weight excluding hydrogens is 216 g/mol. The molecule has 1 aliphatic rings. The number of likely N-dealkylation sites (N-methyl/N-ethyl adjacent to an activating group) is 1. The minimum Gasteiger partial charge on any atom is -0.399 e. The Morgan fingerprint density at radius 2 is 2.53 bits per heavy atom. The van der Waals surface area contributed by atoms with Crippen molar-refractivity contribution in [2.24, 2.45) is 0 Å². The highest BCUT2D eigenvalue weighted by Gasteiger charge is 2.29. The van der Waals surface area contributed by atoms with Crippen LogP contribution in [0.3, 0.4) is 0 Å². The van der Waals surface area contributed by atoms with E-state index < -0.39 is 0 Å². The lowest BCUT2D eigenvalue weighted by Crippen LogP contribution is -2.41. The second kappa shape index (κ2) is 5.14. The van der Waals surface area contributed by atoms with Crippen molar-refractivity contribution in [2.75, 3.05) is 19.3 Å². The number of hydrogen-bond acceptors (Lipinski definition) is 4. The zero-order chi connectivity index (χ0) is 12.3. The predicted octanol–water partition coefficient (Wildman–Crippen LogP) is 0.374. The zero-order valence-electron chi connectivity index (χ0n) is 10.0. The van der Waals surface area contributed by atoms with Crippen LogP contribution in [-0.2, 0) is 11.3 Å². The lowest BCUT2D eigenvalue weighted by Gasteiger charge is -2.22. The average molecular weight is 234 g/mol. The fourth-order valence-corrected chi connectivity index (χ4v) is 2.27. The predicted molar refractivity (Wildman–Crippen MR) is 66.1 cm³/mol. The molecule has 0 spiro atoms. The van der Waals surface area contributed by atoms with E-state index in [2.05, 4.69) is 15.2 Å². The molecule has 5 heteroatoms. The first kappa shape index (κ1) is 11.9. The SMILES string of the molecule is CNC(=O)C1CCCN1Cc1cc(N)ccn1. The average Bonchev–Trinajstić information content (AvgIpc) is 2.76. The Morgan fingerprint density at radius 1 is 1.71 bits per heavy atom. The summed E-state index contributed by atoms with van der Waals surface area (Å²) in [6, 6.07) is 3.60. The number of likely N-dealkylation sites (tertiary alicyclic amines) is 1. The minimum atomic E-state index is -0.0248. The highest BCUT2D eigenvalue weighted by atomic mass is 16.2. The molecule has 0 saturated carbocycles. The maximum atomic E-state index is 11.7. The van der Waals surface area contributed by atoms with Gasteiger partial charge in [0.2, 0.25) is 5.91 Å². The number of anilines is 1. The van der Waals surface area contributed by atoms with Gasteiger partial charge in [0.15, 0.2) is 0 Å². The molecule has 1 unspecified atom stereocenters. The number of carbonyl (C=O) groups is 1. The lowest BCUT2D eigenvalue weighted by molar-refractivity contribution is -0.125. The summed E-state index contributed by atoms with van der Waals surface area (Å²) in [6.07, 6.45) is 3.68. The van der Waals surface area contributed by atoms with Crippen LogP contribution in [0.5, 0.6) is 0 Å². The first-order valence-electron chi connectivity index (χ1n) is 5.87. The summed E-state index contributed by atoms with van der Waals surface area (Å²) >= 11 is 0. The van der Waals surface area contributed by atoms with Gasteiger partial charge in [-0.05, 0) is 31.5 Å². The quantitative estimate of drug-likeness (QED) is 0.793. The minimum absolute atomic E-state index is 0.0248. The molecule has 2 heterocycles. The van der Waals surface area contributed by atoms with E-state index >= 15 is 0 Å². The molecule has 1 atom stereocenters. The number of nitrogens with one attached hydrogen (secondary N) is 1. The van der Waals surface area contributed by atoms with Gasteiger partial charge in [0.1, 0.15) is 0 Å². The molecule has 1 aliphatic heterocycles. The van der Waals surface area contributed by atoms with Crippen LogP contribution < -0.4 is 11.1 Å². The molecule has 5 nitrogen and oxygen atoms in total. The maximum absolute atomic E-state index is 11.7. The Morgan fingerprint density at radius 3 is 3.24 bits per heavy atom. The van der Waals surface area contributed by atoms with Crippen molar-refractivity contribution in [3.8, 4) is 0 Å². The summed E-state index contributed by atoms with van der Waals surface area (Å²) in [7, 11) is 1.68. The van der Waals surface area contributed by atoms with E-state index in [9.17, 15) is 4.79 Å². The number of nitrogens with two attached hydrogens (primary N) is 1. The number of hydrogen-bond donors (Lipinski definition) is 2. The van der Waals surface area contributed by atoms with Crippen LogP contribution in [0.2, 0.25) is 0 Å². The van der Waals surface area contributed by atoms with Crippen molar-refractivity contribution in [1.82, 2.24) is 15.2 Å². The van der Waals surface area contributed by atoms with E-state index in [1.54, 1.807) is 19.3 Å². The first-order chi connectivity index (χ1) is 8.20. The van der Waals surface area contributed by atoms with Gasteiger partial charge in [0.05, 0.1) is 11.7 Å². The van der Waals surface area contributed by atoms with Crippen molar-refractivity contribution in [3.63, 3.8) is 0 Å². The van der Waals surface area contributed by atoms with Crippen molar-refractivity contribution < 1.29 is 4.79 Å². The lowest BCUT2D eigenvalue weighted by atomic mass is 10.2. The second-order valence-corrected chi connectivity index (χ2v) is 4.32. The molecule has 92 valence electrons. The fourth-order valence-electron chi connectivity index (χ4n) is 2.27. The highest BCUT2D eigenvalue weighted by molar-refractivity contribution is 5.81. The first-order valence-corrected chi connectivity index (χ1v) is 5.87. The Balaban J connectivity index is 2.05. The van der Waals surface area contributed by atoms with E-state index in [1.807, 2.05) is 6.07 Å². The van der Waals surface area contributed by atoms with Gasteiger partial charge in [-0.15, -0.1) is 0 Å². The molecule has 3 N–H and O–H groups in total. The van der Waals surface area contributed by atoms with Crippen molar-refractivity contribution in [2.45, 2.75) is 25.4 Å². The number of aromatic nitrogens is 1. The number of carbonyl (C=O) groups excluding carboxylic acids is 1. The standard InChI is InChI=1S/C12H18N4O/c1-14-12(17)11-3-2-6-16(11)8-10-7-9(13)4-5-15-10/h4-5,7,11H,2-3,6,8H2,1H3,(H2,13,15)(H,14,17). The van der Waals surface area contributed by atoms with Gasteiger partial charge in [-0.25, -0.2) is 0 Å². The summed E-state index contributed by atoms with van der Waals surface area (Å²) in [5.74, 6) is 0.0893. The highest BCUT2D eigenvalue weighted by Crippen LogP contribution is 2.19. The smallest absolute Gasteiger partial charge is 0.237 e. The zero-order valence-corrected chi connectivity index (χ0v) is 10.0. The number of pyridine rings is 1. The molecule has 1 saturated heterocycles. The molecule has 0 aliphatic carbocycles. The van der Waals surface area contributed by atoms with Gasteiger partial charge in [-0.2, -0.15) is 0 Å². The number of nitrogens with zero attached hydrogens (tertiary/aromatic N) is 2. The Bertz CT molecular complexity index is 407. The van der Waals surface area contributed by atoms with Crippen LogP contribution in [0.25, 0.3) is 0 Å². The molecule has 1 amide bonds. The third-order valence-corrected chi connectivity index (χ3v) is 3.12. The number of amides is 1. The largest absolute Gasteiger partial charge is 0.399 e. The van der Waals surface area contributed by atoms with Crippen molar-refractivity contribution in [3.05, 3.63) is 24.0 Å². The number of rotatable bonds is 3. The molecule has 1 fully saturated rings. The van der Waals surface area contributed by atoms with Gasteiger partial charge in [-0.3, -0.25) is 14.7 Å². The van der Waals surface area contributed by atoms with Crippen LogP contribution in [0.4, 0.5) is 5.69 Å². The van der Waals surface area contributed by atoms with Crippen molar-refractivity contribution in [1.29, 1.82) is 0 Å². The van der Waals surface area contributed by atoms with E-state index in [0.29, 0.717) is 12.2 Å². The van der Waals surface area contributed by atoms with Crippen molar-refractivity contribution >= 4 is 11.6 Å². The van der Waals surface area contributed by atoms with Gasteiger partial charge >= 0.3 is 0 Å². The Kier molecular flexibility index (Phi) is 3.58. The van der Waals surface area contributed by atoms with E-state index in [0.717, 1.165) is 25.1 Å². The summed E-state index contributed by atoms with van der Waals surface area (Å²) in [5.41, 5.74) is 7.35. The van der Waals surface area contributed by atoms with Crippen LogP contribution in [0.1, 0.15) is 18.5 Å². The van der Waals surface area contributed by atoms with Crippen LogP contribution >= 0.6 is 0 Å². The topological polar surface area (TPSA) is 71.2 Å². The fraction of sp³-hybridized carbons (Fsp3) is 0.500.